The van der Waals surface area contributed by atoms with Gasteiger partial charge in [0.2, 0.25) is 11.9 Å². The standard InChI is InChI=1S/C16H17BrN4O/c1-11(22)21(15-6-7-15)10-12-2-4-14(5-3-12)20-16-18-8-13(17)9-19-16/h2-5,8-9,15H,6-7,10H2,1H3,(H,18,19,20). The van der Waals surface area contributed by atoms with Gasteiger partial charge in [-0.2, -0.15) is 0 Å². The molecule has 1 amide bonds. The molecule has 114 valence electrons. The van der Waals surface area contributed by atoms with Gasteiger partial charge in [0.25, 0.3) is 0 Å². The van der Waals surface area contributed by atoms with Gasteiger partial charge in [0, 0.05) is 37.6 Å². The number of carbonyl (C=O) groups is 1. The Labute approximate surface area is 137 Å². The van der Waals surface area contributed by atoms with Crippen molar-refractivity contribution in [3.63, 3.8) is 0 Å². The molecule has 1 aromatic heterocycles. The number of nitrogens with zero attached hydrogens (tertiary/aromatic N) is 3. The van der Waals surface area contributed by atoms with E-state index in [1.54, 1.807) is 19.3 Å². The summed E-state index contributed by atoms with van der Waals surface area (Å²) >= 11 is 3.31. The minimum absolute atomic E-state index is 0.146. The zero-order chi connectivity index (χ0) is 15.5. The van der Waals surface area contributed by atoms with E-state index in [4.69, 9.17) is 0 Å². The monoisotopic (exact) mass is 360 g/mol. The minimum atomic E-state index is 0.146. The molecule has 6 heteroatoms. The van der Waals surface area contributed by atoms with Crippen LogP contribution in [0.2, 0.25) is 0 Å². The van der Waals surface area contributed by atoms with Crippen LogP contribution in [-0.2, 0) is 11.3 Å². The summed E-state index contributed by atoms with van der Waals surface area (Å²) in [6, 6.07) is 8.45. The van der Waals surface area contributed by atoms with E-state index in [0.717, 1.165) is 28.6 Å². The zero-order valence-electron chi connectivity index (χ0n) is 12.3. The van der Waals surface area contributed by atoms with Gasteiger partial charge in [-0.05, 0) is 46.5 Å². The summed E-state index contributed by atoms with van der Waals surface area (Å²) in [5.74, 6) is 0.701. The number of nitrogens with one attached hydrogen (secondary N) is 1. The molecule has 1 aliphatic carbocycles. The topological polar surface area (TPSA) is 58.1 Å². The van der Waals surface area contributed by atoms with E-state index in [1.165, 1.54) is 0 Å². The molecule has 0 saturated heterocycles. The number of halogens is 1. The quantitative estimate of drug-likeness (QED) is 0.886. The molecule has 1 heterocycles. The summed E-state index contributed by atoms with van der Waals surface area (Å²) in [5, 5.41) is 3.15. The fourth-order valence-corrected chi connectivity index (χ4v) is 2.48. The zero-order valence-corrected chi connectivity index (χ0v) is 13.9. The fourth-order valence-electron chi connectivity index (χ4n) is 2.28. The second-order valence-corrected chi connectivity index (χ2v) is 6.34. The summed E-state index contributed by atoms with van der Waals surface area (Å²) in [6.07, 6.45) is 5.65. The number of benzene rings is 1. The first-order valence-electron chi connectivity index (χ1n) is 7.22. The van der Waals surface area contributed by atoms with Gasteiger partial charge in [-0.3, -0.25) is 4.79 Å². The summed E-state index contributed by atoms with van der Waals surface area (Å²) in [7, 11) is 0. The van der Waals surface area contributed by atoms with Crippen LogP contribution < -0.4 is 5.32 Å². The van der Waals surface area contributed by atoms with Gasteiger partial charge >= 0.3 is 0 Å². The molecular formula is C16H17BrN4O. The molecule has 2 aromatic rings. The lowest BCUT2D eigenvalue weighted by molar-refractivity contribution is -0.130. The lowest BCUT2D eigenvalue weighted by atomic mass is 10.2. The van der Waals surface area contributed by atoms with Crippen LogP contribution in [-0.4, -0.2) is 26.8 Å². The van der Waals surface area contributed by atoms with Crippen LogP contribution in [0.4, 0.5) is 11.6 Å². The van der Waals surface area contributed by atoms with Crippen molar-refractivity contribution < 1.29 is 4.79 Å². The number of anilines is 2. The number of rotatable bonds is 5. The highest BCUT2D eigenvalue weighted by Gasteiger charge is 2.30. The first-order valence-corrected chi connectivity index (χ1v) is 8.02. The predicted octanol–water partition coefficient (Wildman–Crippen LogP) is 3.49. The number of hydrogen-bond donors (Lipinski definition) is 1. The molecular weight excluding hydrogens is 344 g/mol. The van der Waals surface area contributed by atoms with E-state index >= 15 is 0 Å². The lowest BCUT2D eigenvalue weighted by Gasteiger charge is -2.20. The highest BCUT2D eigenvalue weighted by Crippen LogP contribution is 2.28. The van der Waals surface area contributed by atoms with Gasteiger partial charge < -0.3 is 10.2 Å². The third-order valence-corrected chi connectivity index (χ3v) is 3.98. The maximum Gasteiger partial charge on any atom is 0.227 e. The largest absolute Gasteiger partial charge is 0.336 e. The van der Waals surface area contributed by atoms with Crippen molar-refractivity contribution in [2.24, 2.45) is 0 Å². The van der Waals surface area contributed by atoms with Crippen molar-refractivity contribution in [1.82, 2.24) is 14.9 Å². The average Bonchev–Trinajstić information content (AvgIpc) is 3.33. The number of amides is 1. The van der Waals surface area contributed by atoms with Crippen molar-refractivity contribution >= 4 is 33.5 Å². The van der Waals surface area contributed by atoms with Crippen LogP contribution in [0.5, 0.6) is 0 Å². The Hall–Kier alpha value is -1.95. The van der Waals surface area contributed by atoms with Gasteiger partial charge in [0.15, 0.2) is 0 Å². The van der Waals surface area contributed by atoms with Crippen molar-refractivity contribution in [1.29, 1.82) is 0 Å². The Balaban J connectivity index is 1.64. The Bertz CT molecular complexity index is 653. The normalized spacial score (nSPS) is 13.7. The molecule has 0 atom stereocenters. The molecule has 5 nitrogen and oxygen atoms in total. The van der Waals surface area contributed by atoms with Crippen LogP contribution in [0, 0.1) is 0 Å². The fraction of sp³-hybridized carbons (Fsp3) is 0.312. The van der Waals surface area contributed by atoms with E-state index in [9.17, 15) is 4.79 Å². The maximum absolute atomic E-state index is 11.7. The molecule has 1 N–H and O–H groups in total. The van der Waals surface area contributed by atoms with Crippen LogP contribution in [0.15, 0.2) is 41.1 Å². The van der Waals surface area contributed by atoms with Crippen molar-refractivity contribution in [2.45, 2.75) is 32.4 Å². The number of carbonyl (C=O) groups excluding carboxylic acids is 1. The number of hydrogen-bond acceptors (Lipinski definition) is 4. The van der Waals surface area contributed by atoms with E-state index in [-0.39, 0.29) is 5.91 Å². The SMILES string of the molecule is CC(=O)N(Cc1ccc(Nc2ncc(Br)cn2)cc1)C1CC1. The first-order chi connectivity index (χ1) is 10.6. The molecule has 1 fully saturated rings. The Morgan fingerprint density at radius 3 is 2.45 bits per heavy atom. The average molecular weight is 361 g/mol. The molecule has 0 spiro atoms. The second kappa shape index (κ2) is 6.44. The van der Waals surface area contributed by atoms with Crippen LogP contribution in [0.25, 0.3) is 0 Å². The van der Waals surface area contributed by atoms with Gasteiger partial charge in [-0.15, -0.1) is 0 Å². The third-order valence-electron chi connectivity index (χ3n) is 3.58. The van der Waals surface area contributed by atoms with Crippen LogP contribution >= 0.6 is 15.9 Å². The van der Waals surface area contributed by atoms with E-state index in [2.05, 4.69) is 31.2 Å². The molecule has 1 aromatic carbocycles. The lowest BCUT2D eigenvalue weighted by Crippen LogP contribution is -2.30. The molecule has 1 aliphatic rings. The molecule has 0 bridgehead atoms. The Morgan fingerprint density at radius 1 is 1.27 bits per heavy atom. The second-order valence-electron chi connectivity index (χ2n) is 5.42. The summed E-state index contributed by atoms with van der Waals surface area (Å²) in [6.45, 7) is 2.31. The van der Waals surface area contributed by atoms with Gasteiger partial charge in [-0.1, -0.05) is 12.1 Å². The van der Waals surface area contributed by atoms with Gasteiger partial charge in [0.05, 0.1) is 4.47 Å². The molecule has 3 rings (SSSR count). The smallest absolute Gasteiger partial charge is 0.227 e. The van der Waals surface area contributed by atoms with Crippen molar-refractivity contribution in [2.75, 3.05) is 5.32 Å². The summed E-state index contributed by atoms with van der Waals surface area (Å²) < 4.78 is 0.845. The molecule has 0 radical (unpaired) electrons. The van der Waals surface area contributed by atoms with Gasteiger partial charge in [0.1, 0.15) is 0 Å². The van der Waals surface area contributed by atoms with E-state index < -0.39 is 0 Å². The van der Waals surface area contributed by atoms with Crippen LogP contribution in [0.3, 0.4) is 0 Å². The summed E-state index contributed by atoms with van der Waals surface area (Å²) in [5.41, 5.74) is 2.05. The Kier molecular flexibility index (Phi) is 4.38. The van der Waals surface area contributed by atoms with E-state index in [1.807, 2.05) is 29.2 Å². The molecule has 1 saturated carbocycles. The molecule has 0 aliphatic heterocycles. The van der Waals surface area contributed by atoms with Crippen LogP contribution in [0.1, 0.15) is 25.3 Å². The molecule has 0 unspecified atom stereocenters. The summed E-state index contributed by atoms with van der Waals surface area (Å²) in [4.78, 5) is 22.0. The Morgan fingerprint density at radius 2 is 1.91 bits per heavy atom. The van der Waals surface area contributed by atoms with Crippen molar-refractivity contribution in [3.05, 3.63) is 46.7 Å². The number of aromatic nitrogens is 2. The van der Waals surface area contributed by atoms with Gasteiger partial charge in [-0.25, -0.2) is 9.97 Å². The third kappa shape index (κ3) is 3.82. The highest BCUT2D eigenvalue weighted by atomic mass is 79.9. The van der Waals surface area contributed by atoms with E-state index in [0.29, 0.717) is 18.5 Å². The molecule has 22 heavy (non-hydrogen) atoms. The van der Waals surface area contributed by atoms with Crippen molar-refractivity contribution in [3.8, 4) is 0 Å². The predicted molar refractivity (Wildman–Crippen MR) is 88.7 cm³/mol. The highest BCUT2D eigenvalue weighted by molar-refractivity contribution is 9.10. The first kappa shape index (κ1) is 15.0. The maximum atomic E-state index is 11.7. The minimum Gasteiger partial charge on any atom is -0.336 e.